The van der Waals surface area contributed by atoms with Gasteiger partial charge in [0.25, 0.3) is 11.2 Å². The SMILES string of the molecule is CC(C)Cc1cc2[nH][nH]c(=O)c2cc1[N+](=O)[O-]. The van der Waals surface area contributed by atoms with Gasteiger partial charge in [-0.2, -0.15) is 0 Å². The van der Waals surface area contributed by atoms with Crippen molar-refractivity contribution >= 4 is 16.6 Å². The molecule has 0 aliphatic rings. The number of nitro groups is 1. The van der Waals surface area contributed by atoms with Crippen molar-refractivity contribution in [3.05, 3.63) is 38.2 Å². The highest BCUT2D eigenvalue weighted by molar-refractivity contribution is 5.81. The number of H-pyrrole nitrogens is 2. The highest BCUT2D eigenvalue weighted by Crippen LogP contribution is 2.25. The first-order chi connectivity index (χ1) is 7.99. The van der Waals surface area contributed by atoms with Crippen LogP contribution in [0.1, 0.15) is 19.4 Å². The van der Waals surface area contributed by atoms with Gasteiger partial charge in [0, 0.05) is 11.6 Å². The zero-order valence-corrected chi connectivity index (χ0v) is 9.61. The first-order valence-electron chi connectivity index (χ1n) is 5.36. The average molecular weight is 235 g/mol. The quantitative estimate of drug-likeness (QED) is 0.629. The second-order valence-electron chi connectivity index (χ2n) is 4.46. The Morgan fingerprint density at radius 2 is 2.06 bits per heavy atom. The normalized spacial score (nSPS) is 11.2. The molecule has 0 saturated heterocycles. The fourth-order valence-corrected chi connectivity index (χ4v) is 1.89. The fraction of sp³-hybridized carbons (Fsp3) is 0.364. The lowest BCUT2D eigenvalue weighted by molar-refractivity contribution is -0.385. The molecule has 2 N–H and O–H groups in total. The standard InChI is InChI=1S/C11H13N3O3/c1-6(2)3-7-4-9-8(11(15)13-12-9)5-10(7)14(16)17/h4-6H,3H2,1-2H3,(H2,12,13,15). The molecule has 0 amide bonds. The van der Waals surface area contributed by atoms with Crippen LogP contribution in [0.2, 0.25) is 0 Å². The number of aromatic nitrogens is 2. The lowest BCUT2D eigenvalue weighted by Crippen LogP contribution is -2.02. The van der Waals surface area contributed by atoms with E-state index in [1.165, 1.54) is 6.07 Å². The van der Waals surface area contributed by atoms with Gasteiger partial charge in [-0.1, -0.05) is 13.8 Å². The zero-order chi connectivity index (χ0) is 12.6. The summed E-state index contributed by atoms with van der Waals surface area (Å²) in [5, 5.41) is 16.4. The number of nitrogens with one attached hydrogen (secondary N) is 2. The summed E-state index contributed by atoms with van der Waals surface area (Å²) < 4.78 is 0. The largest absolute Gasteiger partial charge is 0.298 e. The van der Waals surface area contributed by atoms with Crippen molar-refractivity contribution in [3.8, 4) is 0 Å². The molecule has 2 aromatic rings. The minimum atomic E-state index is -0.441. The molecule has 0 spiro atoms. The van der Waals surface area contributed by atoms with Crippen LogP contribution >= 0.6 is 0 Å². The summed E-state index contributed by atoms with van der Waals surface area (Å²) in [6, 6.07) is 3.01. The second-order valence-corrected chi connectivity index (χ2v) is 4.46. The summed E-state index contributed by atoms with van der Waals surface area (Å²) in [6.45, 7) is 3.99. The number of rotatable bonds is 3. The lowest BCUT2D eigenvalue weighted by Gasteiger charge is -2.05. The van der Waals surface area contributed by atoms with Gasteiger partial charge in [-0.05, 0) is 18.4 Å². The van der Waals surface area contributed by atoms with Crippen molar-refractivity contribution in [2.75, 3.05) is 0 Å². The molecule has 0 aliphatic carbocycles. The summed E-state index contributed by atoms with van der Waals surface area (Å²) in [5.41, 5.74) is 0.930. The molecule has 0 fully saturated rings. The van der Waals surface area contributed by atoms with Crippen LogP contribution in [-0.4, -0.2) is 15.1 Å². The summed E-state index contributed by atoms with van der Waals surface area (Å²) in [4.78, 5) is 21.9. The van der Waals surface area contributed by atoms with Gasteiger partial charge in [-0.25, -0.2) is 0 Å². The molecule has 6 nitrogen and oxygen atoms in total. The van der Waals surface area contributed by atoms with Crippen LogP contribution in [0, 0.1) is 16.0 Å². The van der Waals surface area contributed by atoms with Crippen LogP contribution < -0.4 is 5.56 Å². The Hall–Kier alpha value is -2.11. The predicted octanol–water partition coefficient (Wildman–Crippen LogP) is 1.96. The molecule has 0 atom stereocenters. The van der Waals surface area contributed by atoms with E-state index in [1.54, 1.807) is 6.07 Å². The van der Waals surface area contributed by atoms with Gasteiger partial charge in [0.1, 0.15) is 0 Å². The van der Waals surface area contributed by atoms with E-state index in [4.69, 9.17) is 0 Å². The van der Waals surface area contributed by atoms with E-state index in [2.05, 4.69) is 10.2 Å². The summed E-state index contributed by atoms with van der Waals surface area (Å²) in [5.74, 6) is 0.316. The third kappa shape index (κ3) is 2.06. The Balaban J connectivity index is 2.67. The van der Waals surface area contributed by atoms with Crippen LogP contribution in [-0.2, 0) is 6.42 Å². The van der Waals surface area contributed by atoms with E-state index in [1.807, 2.05) is 13.8 Å². The third-order valence-corrected chi connectivity index (χ3v) is 2.60. The third-order valence-electron chi connectivity index (χ3n) is 2.60. The number of fused-ring (bicyclic) bond motifs is 1. The molecule has 1 heterocycles. The molecule has 0 bridgehead atoms. The maximum Gasteiger partial charge on any atom is 0.273 e. The Morgan fingerprint density at radius 3 is 2.65 bits per heavy atom. The Kier molecular flexibility index (Phi) is 2.71. The van der Waals surface area contributed by atoms with Crippen LogP contribution in [0.25, 0.3) is 10.9 Å². The van der Waals surface area contributed by atoms with Crippen molar-refractivity contribution in [2.45, 2.75) is 20.3 Å². The minimum absolute atomic E-state index is 0.0105. The lowest BCUT2D eigenvalue weighted by atomic mass is 10.00. The van der Waals surface area contributed by atoms with Crippen molar-refractivity contribution in [3.63, 3.8) is 0 Å². The van der Waals surface area contributed by atoms with Gasteiger partial charge in [0.2, 0.25) is 0 Å². The monoisotopic (exact) mass is 235 g/mol. The van der Waals surface area contributed by atoms with E-state index < -0.39 is 4.92 Å². The van der Waals surface area contributed by atoms with E-state index >= 15 is 0 Å². The van der Waals surface area contributed by atoms with Crippen molar-refractivity contribution in [1.82, 2.24) is 10.2 Å². The van der Waals surface area contributed by atoms with Gasteiger partial charge in [0.15, 0.2) is 0 Å². The van der Waals surface area contributed by atoms with Crippen LogP contribution in [0.15, 0.2) is 16.9 Å². The van der Waals surface area contributed by atoms with Crippen molar-refractivity contribution in [2.24, 2.45) is 5.92 Å². The van der Waals surface area contributed by atoms with E-state index in [0.29, 0.717) is 28.8 Å². The first kappa shape index (κ1) is 11.4. The predicted molar refractivity (Wildman–Crippen MR) is 64.1 cm³/mol. The summed E-state index contributed by atoms with van der Waals surface area (Å²) in [7, 11) is 0. The van der Waals surface area contributed by atoms with Gasteiger partial charge < -0.3 is 0 Å². The summed E-state index contributed by atoms with van der Waals surface area (Å²) in [6.07, 6.45) is 0.611. The Morgan fingerprint density at radius 1 is 1.35 bits per heavy atom. The average Bonchev–Trinajstić information content (AvgIpc) is 2.58. The van der Waals surface area contributed by atoms with Gasteiger partial charge in [0.05, 0.1) is 15.8 Å². The smallest absolute Gasteiger partial charge is 0.273 e. The molecular formula is C11H13N3O3. The highest BCUT2D eigenvalue weighted by atomic mass is 16.6. The van der Waals surface area contributed by atoms with Gasteiger partial charge >= 0.3 is 0 Å². The molecule has 0 saturated carbocycles. The number of hydrogen-bond acceptors (Lipinski definition) is 3. The number of nitro benzene ring substituents is 1. The van der Waals surface area contributed by atoms with Crippen molar-refractivity contribution in [1.29, 1.82) is 0 Å². The van der Waals surface area contributed by atoms with Crippen LogP contribution in [0.3, 0.4) is 0 Å². The second kappa shape index (κ2) is 4.04. The molecule has 0 aliphatic heterocycles. The maximum atomic E-state index is 11.4. The highest BCUT2D eigenvalue weighted by Gasteiger charge is 2.17. The number of aromatic amines is 2. The van der Waals surface area contributed by atoms with Crippen LogP contribution in [0.4, 0.5) is 5.69 Å². The fourth-order valence-electron chi connectivity index (χ4n) is 1.89. The molecule has 17 heavy (non-hydrogen) atoms. The van der Waals surface area contributed by atoms with Gasteiger partial charge in [-0.3, -0.25) is 25.1 Å². The Labute approximate surface area is 96.8 Å². The molecule has 0 unspecified atom stereocenters. The topological polar surface area (TPSA) is 91.8 Å². The van der Waals surface area contributed by atoms with E-state index in [9.17, 15) is 14.9 Å². The molecule has 1 aromatic carbocycles. The van der Waals surface area contributed by atoms with E-state index in [-0.39, 0.29) is 11.2 Å². The molecule has 2 rings (SSSR count). The minimum Gasteiger partial charge on any atom is -0.298 e. The zero-order valence-electron chi connectivity index (χ0n) is 9.61. The molecule has 0 radical (unpaired) electrons. The molecule has 6 heteroatoms. The van der Waals surface area contributed by atoms with Crippen LogP contribution in [0.5, 0.6) is 0 Å². The maximum absolute atomic E-state index is 11.4. The molecular weight excluding hydrogens is 222 g/mol. The molecule has 1 aromatic heterocycles. The van der Waals surface area contributed by atoms with Crippen molar-refractivity contribution < 1.29 is 4.92 Å². The summed E-state index contributed by atoms with van der Waals surface area (Å²) >= 11 is 0. The number of benzene rings is 1. The molecule has 90 valence electrons. The number of hydrogen-bond donors (Lipinski definition) is 2. The van der Waals surface area contributed by atoms with E-state index in [0.717, 1.165) is 0 Å². The first-order valence-corrected chi connectivity index (χ1v) is 5.36. The Bertz CT molecular complexity index is 624. The van der Waals surface area contributed by atoms with Gasteiger partial charge in [-0.15, -0.1) is 0 Å². The number of nitrogens with zero attached hydrogens (tertiary/aromatic N) is 1.